The largest absolute Gasteiger partial charge is 0.377 e. The molecule has 2 heteroatoms. The van der Waals surface area contributed by atoms with Crippen molar-refractivity contribution in [2.24, 2.45) is 5.92 Å². The Morgan fingerprint density at radius 3 is 2.92 bits per heavy atom. The summed E-state index contributed by atoms with van der Waals surface area (Å²) in [7, 11) is 0. The molecule has 0 bridgehead atoms. The van der Waals surface area contributed by atoms with Crippen LogP contribution in [0, 0.1) is 5.92 Å². The van der Waals surface area contributed by atoms with Crippen molar-refractivity contribution in [1.29, 1.82) is 0 Å². The summed E-state index contributed by atoms with van der Waals surface area (Å²) in [6.07, 6.45) is 5.57. The van der Waals surface area contributed by atoms with E-state index in [4.69, 9.17) is 4.74 Å². The number of morpholine rings is 1. The number of ether oxygens (including phenoxy) is 1. The fraction of sp³-hybridized carbons (Fsp3) is 0.818. The molecule has 1 atom stereocenters. The minimum Gasteiger partial charge on any atom is -0.377 e. The lowest BCUT2D eigenvalue weighted by Crippen LogP contribution is -2.45. The third kappa shape index (κ3) is 3.03. The molecule has 1 unspecified atom stereocenters. The summed E-state index contributed by atoms with van der Waals surface area (Å²) in [5.74, 6) is 0.668. The third-order valence-electron chi connectivity index (χ3n) is 2.51. The Morgan fingerprint density at radius 2 is 2.31 bits per heavy atom. The number of allylic oxidation sites excluding steroid dienone is 1. The standard InChI is InChI=1S/C11H21NO/c1-4-5-6-12-7-8-13-9-11(12)10(2)3/h5-6,10-11H,4,7-9H2,1-3H3/b6-5+. The predicted molar refractivity (Wildman–Crippen MR) is 55.6 cm³/mol. The zero-order valence-electron chi connectivity index (χ0n) is 8.99. The molecule has 1 saturated heterocycles. The summed E-state index contributed by atoms with van der Waals surface area (Å²) in [5, 5.41) is 0. The van der Waals surface area contributed by atoms with Gasteiger partial charge in [-0.15, -0.1) is 0 Å². The molecule has 0 aliphatic carbocycles. The highest BCUT2D eigenvalue weighted by atomic mass is 16.5. The normalized spacial score (nSPS) is 24.6. The summed E-state index contributed by atoms with van der Waals surface area (Å²) in [4.78, 5) is 2.41. The van der Waals surface area contributed by atoms with Gasteiger partial charge in [-0.25, -0.2) is 0 Å². The smallest absolute Gasteiger partial charge is 0.0673 e. The van der Waals surface area contributed by atoms with E-state index < -0.39 is 0 Å². The Balaban J connectivity index is 2.51. The van der Waals surface area contributed by atoms with E-state index in [-0.39, 0.29) is 0 Å². The Labute approximate surface area is 81.6 Å². The predicted octanol–water partition coefficient (Wildman–Crippen LogP) is 2.27. The average molecular weight is 183 g/mol. The van der Waals surface area contributed by atoms with Crippen LogP contribution in [0.4, 0.5) is 0 Å². The highest BCUT2D eigenvalue weighted by Crippen LogP contribution is 2.15. The van der Waals surface area contributed by atoms with Gasteiger partial charge in [0.15, 0.2) is 0 Å². The first-order valence-corrected chi connectivity index (χ1v) is 5.25. The van der Waals surface area contributed by atoms with E-state index in [1.807, 2.05) is 0 Å². The van der Waals surface area contributed by atoms with Crippen LogP contribution in [0.25, 0.3) is 0 Å². The molecule has 13 heavy (non-hydrogen) atoms. The molecule has 1 heterocycles. The van der Waals surface area contributed by atoms with Gasteiger partial charge in [-0.2, -0.15) is 0 Å². The first-order valence-electron chi connectivity index (χ1n) is 5.25. The van der Waals surface area contributed by atoms with Crippen molar-refractivity contribution < 1.29 is 4.74 Å². The maximum Gasteiger partial charge on any atom is 0.0673 e. The van der Waals surface area contributed by atoms with Crippen LogP contribution in [0.15, 0.2) is 12.3 Å². The van der Waals surface area contributed by atoms with Crippen LogP contribution in [-0.2, 0) is 4.74 Å². The Kier molecular flexibility index (Phi) is 4.29. The molecule has 0 aromatic carbocycles. The second-order valence-corrected chi connectivity index (χ2v) is 3.92. The first kappa shape index (κ1) is 10.6. The highest BCUT2D eigenvalue weighted by Gasteiger charge is 2.22. The van der Waals surface area contributed by atoms with E-state index in [0.717, 1.165) is 26.2 Å². The van der Waals surface area contributed by atoms with Gasteiger partial charge < -0.3 is 9.64 Å². The molecule has 0 amide bonds. The third-order valence-corrected chi connectivity index (χ3v) is 2.51. The molecule has 0 N–H and O–H groups in total. The van der Waals surface area contributed by atoms with Crippen molar-refractivity contribution in [1.82, 2.24) is 4.90 Å². The van der Waals surface area contributed by atoms with Gasteiger partial charge in [0.2, 0.25) is 0 Å². The lowest BCUT2D eigenvalue weighted by Gasteiger charge is -2.37. The molecular weight excluding hydrogens is 162 g/mol. The zero-order chi connectivity index (χ0) is 9.68. The molecule has 1 rings (SSSR count). The van der Waals surface area contributed by atoms with Crippen molar-refractivity contribution in [2.75, 3.05) is 19.8 Å². The Bertz CT molecular complexity index is 165. The Morgan fingerprint density at radius 1 is 1.54 bits per heavy atom. The summed E-state index contributed by atoms with van der Waals surface area (Å²) < 4.78 is 5.48. The monoisotopic (exact) mass is 183 g/mol. The van der Waals surface area contributed by atoms with Crippen LogP contribution in [0.1, 0.15) is 27.2 Å². The van der Waals surface area contributed by atoms with Crippen molar-refractivity contribution in [3.63, 3.8) is 0 Å². The quantitative estimate of drug-likeness (QED) is 0.665. The topological polar surface area (TPSA) is 12.5 Å². The van der Waals surface area contributed by atoms with Crippen LogP contribution < -0.4 is 0 Å². The van der Waals surface area contributed by atoms with Gasteiger partial charge >= 0.3 is 0 Å². The summed E-state index contributed by atoms with van der Waals surface area (Å²) in [5.41, 5.74) is 0. The van der Waals surface area contributed by atoms with Crippen LogP contribution in [-0.4, -0.2) is 30.7 Å². The van der Waals surface area contributed by atoms with Gasteiger partial charge in [0.05, 0.1) is 19.3 Å². The molecule has 0 aromatic rings. The number of rotatable bonds is 3. The van der Waals surface area contributed by atoms with E-state index in [0.29, 0.717) is 12.0 Å². The van der Waals surface area contributed by atoms with E-state index in [2.05, 4.69) is 37.9 Å². The maximum absolute atomic E-state index is 5.48. The fourth-order valence-electron chi connectivity index (χ4n) is 1.64. The zero-order valence-corrected chi connectivity index (χ0v) is 8.99. The summed E-state index contributed by atoms with van der Waals surface area (Å²) in [6, 6.07) is 0.566. The minimum atomic E-state index is 0.566. The molecule has 0 saturated carbocycles. The van der Waals surface area contributed by atoms with Crippen LogP contribution in [0.3, 0.4) is 0 Å². The van der Waals surface area contributed by atoms with E-state index >= 15 is 0 Å². The number of hydrogen-bond acceptors (Lipinski definition) is 2. The lowest BCUT2D eigenvalue weighted by atomic mass is 10.0. The van der Waals surface area contributed by atoms with Crippen LogP contribution >= 0.6 is 0 Å². The number of nitrogens with zero attached hydrogens (tertiary/aromatic N) is 1. The maximum atomic E-state index is 5.48. The SMILES string of the molecule is CC/C=C/N1CCOCC1C(C)C. The van der Waals surface area contributed by atoms with Crippen molar-refractivity contribution in [3.8, 4) is 0 Å². The molecule has 1 aliphatic heterocycles. The lowest BCUT2D eigenvalue weighted by molar-refractivity contribution is -0.000808. The molecular formula is C11H21NO. The van der Waals surface area contributed by atoms with Crippen molar-refractivity contribution in [3.05, 3.63) is 12.3 Å². The van der Waals surface area contributed by atoms with Gasteiger partial charge in [-0.3, -0.25) is 0 Å². The number of hydrogen-bond donors (Lipinski definition) is 0. The van der Waals surface area contributed by atoms with Crippen LogP contribution in [0.2, 0.25) is 0 Å². The molecule has 0 spiro atoms. The molecule has 1 fully saturated rings. The van der Waals surface area contributed by atoms with Gasteiger partial charge in [-0.05, 0) is 18.5 Å². The molecule has 2 nitrogen and oxygen atoms in total. The van der Waals surface area contributed by atoms with Crippen LogP contribution in [0.5, 0.6) is 0 Å². The van der Waals surface area contributed by atoms with Gasteiger partial charge in [0.25, 0.3) is 0 Å². The fourth-order valence-corrected chi connectivity index (χ4v) is 1.64. The highest BCUT2D eigenvalue weighted by molar-refractivity contribution is 4.89. The average Bonchev–Trinajstić information content (AvgIpc) is 2.15. The van der Waals surface area contributed by atoms with Crippen molar-refractivity contribution >= 4 is 0 Å². The molecule has 1 aliphatic rings. The Hall–Kier alpha value is -0.500. The summed E-state index contributed by atoms with van der Waals surface area (Å²) in [6.45, 7) is 9.47. The first-order chi connectivity index (χ1) is 6.25. The molecule has 0 radical (unpaired) electrons. The van der Waals surface area contributed by atoms with Gasteiger partial charge in [0, 0.05) is 6.54 Å². The van der Waals surface area contributed by atoms with Gasteiger partial charge in [-0.1, -0.05) is 26.8 Å². The van der Waals surface area contributed by atoms with Crippen molar-refractivity contribution in [2.45, 2.75) is 33.2 Å². The molecule has 76 valence electrons. The second-order valence-electron chi connectivity index (χ2n) is 3.92. The molecule has 0 aromatic heterocycles. The van der Waals surface area contributed by atoms with E-state index in [1.54, 1.807) is 0 Å². The summed E-state index contributed by atoms with van der Waals surface area (Å²) >= 11 is 0. The van der Waals surface area contributed by atoms with E-state index in [9.17, 15) is 0 Å². The van der Waals surface area contributed by atoms with E-state index in [1.165, 1.54) is 0 Å². The second kappa shape index (κ2) is 5.28. The minimum absolute atomic E-state index is 0.566. The van der Waals surface area contributed by atoms with Gasteiger partial charge in [0.1, 0.15) is 0 Å².